The number of ether oxygens (including phenoxy) is 2. The van der Waals surface area contributed by atoms with Gasteiger partial charge in [0.15, 0.2) is 11.5 Å². The summed E-state index contributed by atoms with van der Waals surface area (Å²) in [6.45, 7) is 16.2. The number of benzene rings is 2. The maximum absolute atomic E-state index is 5.52. The van der Waals surface area contributed by atoms with Crippen LogP contribution in [0.25, 0.3) is 0 Å². The summed E-state index contributed by atoms with van der Waals surface area (Å²) in [5, 5.41) is 0. The van der Waals surface area contributed by atoms with Crippen LogP contribution in [0.2, 0.25) is 0 Å². The van der Waals surface area contributed by atoms with Gasteiger partial charge in [-0.1, -0.05) is 77.9 Å². The lowest BCUT2D eigenvalue weighted by molar-refractivity contribution is 0.361. The summed E-state index contributed by atoms with van der Waals surface area (Å²) < 4.78 is 10.7. The molecule has 0 spiro atoms. The van der Waals surface area contributed by atoms with Gasteiger partial charge in [-0.2, -0.15) is 0 Å². The Bertz CT molecular complexity index is 575. The van der Waals surface area contributed by atoms with Gasteiger partial charge >= 0.3 is 0 Å². The summed E-state index contributed by atoms with van der Waals surface area (Å²) in [7, 11) is 1.63. The third kappa shape index (κ3) is 11.9. The van der Waals surface area contributed by atoms with Crippen LogP contribution in [0, 0.1) is 0 Å². The molecule has 0 atom stereocenters. The molecule has 0 bridgehead atoms. The zero-order valence-electron chi connectivity index (χ0n) is 18.9. The van der Waals surface area contributed by atoms with Crippen LogP contribution in [0.5, 0.6) is 11.5 Å². The molecule has 0 fully saturated rings. The second kappa shape index (κ2) is 18.6. The van der Waals surface area contributed by atoms with Gasteiger partial charge in [0.2, 0.25) is 0 Å². The molecular weight excluding hydrogens is 332 g/mol. The number of hydrogen-bond acceptors (Lipinski definition) is 2. The van der Waals surface area contributed by atoms with Crippen LogP contribution in [0.1, 0.15) is 66.5 Å². The summed E-state index contributed by atoms with van der Waals surface area (Å²) in [5.74, 6) is 2.37. The smallest absolute Gasteiger partial charge is 0.168 e. The molecule has 2 heteroatoms. The second-order valence-corrected chi connectivity index (χ2v) is 5.18. The fraction of sp³-hybridized carbons (Fsp3) is 0.440. The van der Waals surface area contributed by atoms with Crippen molar-refractivity contribution >= 4 is 0 Å². The zero-order chi connectivity index (χ0) is 21.1. The van der Waals surface area contributed by atoms with Crippen LogP contribution in [0.3, 0.4) is 0 Å². The Labute approximate surface area is 168 Å². The molecule has 0 aliphatic rings. The molecule has 27 heavy (non-hydrogen) atoms. The summed E-state index contributed by atoms with van der Waals surface area (Å²) in [4.78, 5) is 0. The van der Waals surface area contributed by atoms with Gasteiger partial charge in [-0.3, -0.25) is 0 Å². The highest BCUT2D eigenvalue weighted by atomic mass is 16.5. The summed E-state index contributed by atoms with van der Waals surface area (Å²) >= 11 is 0. The zero-order valence-corrected chi connectivity index (χ0v) is 18.9. The normalized spacial score (nSPS) is 9.44. The first-order valence-electron chi connectivity index (χ1n) is 10.2. The molecule has 0 aromatic heterocycles. The Kier molecular flexibility index (Phi) is 18.6. The topological polar surface area (TPSA) is 18.5 Å². The van der Waals surface area contributed by atoms with E-state index in [0.29, 0.717) is 0 Å². The van der Waals surface area contributed by atoms with Crippen molar-refractivity contribution in [3.8, 4) is 11.5 Å². The van der Waals surface area contributed by atoms with E-state index < -0.39 is 0 Å². The van der Waals surface area contributed by atoms with E-state index >= 15 is 0 Å². The molecule has 0 aliphatic heterocycles. The molecule has 0 heterocycles. The van der Waals surface area contributed by atoms with Gasteiger partial charge in [-0.15, -0.1) is 0 Å². The van der Waals surface area contributed by atoms with E-state index in [1.54, 1.807) is 7.11 Å². The van der Waals surface area contributed by atoms with Gasteiger partial charge in [-0.25, -0.2) is 0 Å². The minimum Gasteiger partial charge on any atom is -0.493 e. The highest BCUT2D eigenvalue weighted by Gasteiger charge is 2.01. The van der Waals surface area contributed by atoms with E-state index in [9.17, 15) is 0 Å². The van der Waals surface area contributed by atoms with Crippen molar-refractivity contribution in [2.75, 3.05) is 7.11 Å². The fourth-order valence-corrected chi connectivity index (χ4v) is 1.95. The van der Waals surface area contributed by atoms with E-state index in [2.05, 4.69) is 38.1 Å². The lowest BCUT2D eigenvalue weighted by Gasteiger charge is -2.09. The highest BCUT2D eigenvalue weighted by Crippen LogP contribution is 2.27. The first kappa shape index (κ1) is 27.0. The number of para-hydroxylation sites is 2. The summed E-state index contributed by atoms with van der Waals surface area (Å²) in [5.41, 5.74) is 2.86. The molecule has 0 saturated carbocycles. The molecule has 2 rings (SSSR count). The second-order valence-electron chi connectivity index (χ2n) is 5.18. The largest absolute Gasteiger partial charge is 0.493 e. The number of rotatable bonds is 5. The lowest BCUT2D eigenvalue weighted by Crippen LogP contribution is -1.93. The van der Waals surface area contributed by atoms with Crippen LogP contribution in [-0.4, -0.2) is 7.11 Å². The molecule has 0 N–H and O–H groups in total. The molecule has 2 nitrogen and oxygen atoms in total. The van der Waals surface area contributed by atoms with Crippen LogP contribution >= 0.6 is 0 Å². The molecule has 0 amide bonds. The first-order valence-corrected chi connectivity index (χ1v) is 10.2. The molecule has 0 unspecified atom stereocenters. The third-order valence-electron chi connectivity index (χ3n) is 3.59. The maximum atomic E-state index is 5.52. The summed E-state index contributed by atoms with van der Waals surface area (Å²) in [6.07, 6.45) is 4.19. The van der Waals surface area contributed by atoms with Gasteiger partial charge in [0.05, 0.1) is 12.9 Å². The number of allylic oxidation sites excluding steroid dienone is 2. The standard InChI is InChI=1S/C11H14O2.C10H14.2C2H6/c1-4-9(2)13-11-8-6-5-7-10(11)12-3;1-3-9-5-7-10(4-2)8-6-9;2*1-2/h4-8H,1-3H3;5-8H,3-4H2,1-2H3;2*1-2H3/b9-4-;;;. The average molecular weight is 373 g/mol. The van der Waals surface area contributed by atoms with Crippen LogP contribution < -0.4 is 9.47 Å². The molecule has 0 radical (unpaired) electrons. The fourth-order valence-electron chi connectivity index (χ4n) is 1.95. The Morgan fingerprint density at radius 3 is 1.52 bits per heavy atom. The Morgan fingerprint density at radius 1 is 0.778 bits per heavy atom. The monoisotopic (exact) mass is 372 g/mol. The van der Waals surface area contributed by atoms with Crippen molar-refractivity contribution in [1.29, 1.82) is 0 Å². The van der Waals surface area contributed by atoms with Gasteiger partial charge in [-0.05, 0) is 56.0 Å². The van der Waals surface area contributed by atoms with Crippen LogP contribution in [0.4, 0.5) is 0 Å². The van der Waals surface area contributed by atoms with Crippen molar-refractivity contribution in [1.82, 2.24) is 0 Å². The Balaban J connectivity index is 0. The minimum atomic E-state index is 0.751. The average Bonchev–Trinajstić information content (AvgIpc) is 2.77. The number of methoxy groups -OCH3 is 1. The predicted octanol–water partition coefficient (Wildman–Crippen LogP) is 7.86. The van der Waals surface area contributed by atoms with Crippen molar-refractivity contribution in [3.63, 3.8) is 0 Å². The third-order valence-corrected chi connectivity index (χ3v) is 3.59. The van der Waals surface area contributed by atoms with E-state index in [1.807, 2.05) is 71.9 Å². The summed E-state index contributed by atoms with van der Waals surface area (Å²) in [6, 6.07) is 16.4. The molecule has 152 valence electrons. The maximum Gasteiger partial charge on any atom is 0.168 e. The SMILES string of the molecule is C/C=C(/C)Oc1ccccc1OC.CC.CC.CCc1ccc(CC)cc1. The molecule has 0 aliphatic carbocycles. The van der Waals surface area contributed by atoms with Crippen molar-refractivity contribution in [3.05, 3.63) is 71.5 Å². The lowest BCUT2D eigenvalue weighted by atomic mass is 10.1. The van der Waals surface area contributed by atoms with Crippen LogP contribution in [-0.2, 0) is 12.8 Å². The van der Waals surface area contributed by atoms with Gasteiger partial charge in [0, 0.05) is 0 Å². The Hall–Kier alpha value is -2.22. The number of hydrogen-bond donors (Lipinski definition) is 0. The van der Waals surface area contributed by atoms with E-state index in [4.69, 9.17) is 9.47 Å². The van der Waals surface area contributed by atoms with Crippen molar-refractivity contribution in [2.45, 2.75) is 68.2 Å². The predicted molar refractivity (Wildman–Crippen MR) is 121 cm³/mol. The quantitative estimate of drug-likeness (QED) is 0.497. The van der Waals surface area contributed by atoms with Crippen molar-refractivity contribution in [2.24, 2.45) is 0 Å². The van der Waals surface area contributed by atoms with Gasteiger partial charge < -0.3 is 9.47 Å². The van der Waals surface area contributed by atoms with E-state index in [-0.39, 0.29) is 0 Å². The van der Waals surface area contributed by atoms with Crippen molar-refractivity contribution < 1.29 is 9.47 Å². The van der Waals surface area contributed by atoms with Crippen LogP contribution in [0.15, 0.2) is 60.4 Å². The van der Waals surface area contributed by atoms with Gasteiger partial charge in [0.25, 0.3) is 0 Å². The van der Waals surface area contributed by atoms with E-state index in [1.165, 1.54) is 11.1 Å². The molecule has 2 aromatic rings. The highest BCUT2D eigenvalue weighted by molar-refractivity contribution is 5.40. The Morgan fingerprint density at radius 2 is 1.19 bits per heavy atom. The first-order chi connectivity index (χ1) is 13.1. The molecular formula is C25H40O2. The minimum absolute atomic E-state index is 0.751. The molecule has 0 saturated heterocycles. The van der Waals surface area contributed by atoms with E-state index in [0.717, 1.165) is 30.1 Å². The molecule has 2 aromatic carbocycles. The van der Waals surface area contributed by atoms with Gasteiger partial charge in [0.1, 0.15) is 0 Å². The number of aryl methyl sites for hydroxylation is 2.